The van der Waals surface area contributed by atoms with Crippen molar-refractivity contribution in [3.8, 4) is 0 Å². The van der Waals surface area contributed by atoms with Gasteiger partial charge in [-0.1, -0.05) is 0 Å². The molecule has 1 aromatic heterocycles. The average molecular weight is 282 g/mol. The van der Waals surface area contributed by atoms with Gasteiger partial charge in [0, 0.05) is 18.0 Å². The van der Waals surface area contributed by atoms with Crippen LogP contribution in [0.3, 0.4) is 0 Å². The summed E-state index contributed by atoms with van der Waals surface area (Å²) in [4.78, 5) is 30.5. The number of anilines is 1. The van der Waals surface area contributed by atoms with Gasteiger partial charge in [-0.05, 0) is 20.8 Å². The summed E-state index contributed by atoms with van der Waals surface area (Å²) in [6, 6.07) is -0.962. The van der Waals surface area contributed by atoms with Gasteiger partial charge in [0.2, 0.25) is 5.95 Å². The Kier molecular flexibility index (Phi) is 4.98. The summed E-state index contributed by atoms with van der Waals surface area (Å²) >= 11 is 0. The van der Waals surface area contributed by atoms with Crippen molar-refractivity contribution in [1.29, 1.82) is 0 Å². The number of rotatable bonds is 3. The summed E-state index contributed by atoms with van der Waals surface area (Å²) in [5.74, 6) is -0.540. The van der Waals surface area contributed by atoms with Crippen molar-refractivity contribution in [2.75, 3.05) is 12.4 Å². The molecule has 8 heteroatoms. The van der Waals surface area contributed by atoms with Crippen LogP contribution in [0, 0.1) is 0 Å². The maximum atomic E-state index is 11.5. The molecule has 0 spiro atoms. The van der Waals surface area contributed by atoms with E-state index in [0.717, 1.165) is 0 Å². The van der Waals surface area contributed by atoms with Gasteiger partial charge in [-0.2, -0.15) is 0 Å². The summed E-state index contributed by atoms with van der Waals surface area (Å²) < 4.78 is 9.55. The van der Waals surface area contributed by atoms with Gasteiger partial charge in [-0.3, -0.25) is 10.1 Å². The molecular formula is C12H18N4O4. The predicted molar refractivity (Wildman–Crippen MR) is 70.8 cm³/mol. The molecule has 0 saturated carbocycles. The molecule has 110 valence electrons. The Balaban J connectivity index is 2.68. The number of hydrogen-bond donors (Lipinski definition) is 2. The fourth-order valence-corrected chi connectivity index (χ4v) is 1.22. The maximum Gasteiger partial charge on any atom is 0.414 e. The van der Waals surface area contributed by atoms with Crippen molar-refractivity contribution >= 4 is 18.0 Å². The first-order valence-electron chi connectivity index (χ1n) is 5.88. The van der Waals surface area contributed by atoms with Crippen molar-refractivity contribution in [2.45, 2.75) is 32.4 Å². The third kappa shape index (κ3) is 4.81. The minimum Gasteiger partial charge on any atom is -0.468 e. The Bertz CT molecular complexity index is 481. The molecule has 0 saturated heterocycles. The second-order valence-corrected chi connectivity index (χ2v) is 4.97. The quantitative estimate of drug-likeness (QED) is 0.794. The molecule has 8 nitrogen and oxygen atoms in total. The molecule has 0 aliphatic heterocycles. The van der Waals surface area contributed by atoms with E-state index in [1.54, 1.807) is 20.8 Å². The number of nitrogens with two attached hydrogens (primary N) is 1. The number of nitrogens with one attached hydrogen (secondary N) is 1. The topological polar surface area (TPSA) is 116 Å². The molecule has 1 rings (SSSR count). The zero-order chi connectivity index (χ0) is 15.3. The van der Waals surface area contributed by atoms with Crippen LogP contribution in [0.1, 0.15) is 32.4 Å². The lowest BCUT2D eigenvalue weighted by Crippen LogP contribution is -2.28. The minimum absolute atomic E-state index is 0.0556. The van der Waals surface area contributed by atoms with Crippen LogP contribution in [0.15, 0.2) is 12.4 Å². The number of carbonyl (C=O) groups excluding carboxylic acids is 2. The first-order chi connectivity index (χ1) is 9.23. The van der Waals surface area contributed by atoms with Crippen molar-refractivity contribution in [3.05, 3.63) is 18.0 Å². The van der Waals surface area contributed by atoms with Crippen LogP contribution in [-0.2, 0) is 14.3 Å². The van der Waals surface area contributed by atoms with Crippen molar-refractivity contribution < 1.29 is 19.1 Å². The molecule has 0 aromatic carbocycles. The molecule has 1 atom stereocenters. The van der Waals surface area contributed by atoms with E-state index in [0.29, 0.717) is 5.56 Å². The van der Waals surface area contributed by atoms with E-state index in [1.807, 2.05) is 0 Å². The first-order valence-corrected chi connectivity index (χ1v) is 5.88. The minimum atomic E-state index is -0.962. The number of aromatic nitrogens is 2. The second kappa shape index (κ2) is 6.29. The highest BCUT2D eigenvalue weighted by Crippen LogP contribution is 2.12. The van der Waals surface area contributed by atoms with Crippen molar-refractivity contribution in [1.82, 2.24) is 9.97 Å². The molecule has 0 bridgehead atoms. The van der Waals surface area contributed by atoms with Crippen LogP contribution < -0.4 is 11.1 Å². The van der Waals surface area contributed by atoms with Crippen LogP contribution >= 0.6 is 0 Å². The number of nitrogens with zero attached hydrogens (tertiary/aromatic N) is 2. The molecule has 1 aromatic rings. The zero-order valence-corrected chi connectivity index (χ0v) is 11.8. The van der Waals surface area contributed by atoms with E-state index in [1.165, 1.54) is 19.5 Å². The number of carbonyl (C=O) groups is 2. The highest BCUT2D eigenvalue weighted by Gasteiger charge is 2.19. The van der Waals surface area contributed by atoms with E-state index in [2.05, 4.69) is 20.0 Å². The number of esters is 1. The maximum absolute atomic E-state index is 11.5. The van der Waals surface area contributed by atoms with Crippen molar-refractivity contribution in [2.24, 2.45) is 5.73 Å². The van der Waals surface area contributed by atoms with E-state index in [4.69, 9.17) is 10.5 Å². The lowest BCUT2D eigenvalue weighted by atomic mass is 10.2. The molecular weight excluding hydrogens is 264 g/mol. The van der Waals surface area contributed by atoms with E-state index < -0.39 is 23.7 Å². The Morgan fingerprint density at radius 1 is 1.30 bits per heavy atom. The van der Waals surface area contributed by atoms with Gasteiger partial charge in [0.05, 0.1) is 7.11 Å². The van der Waals surface area contributed by atoms with Gasteiger partial charge in [0.25, 0.3) is 0 Å². The molecule has 0 aliphatic rings. The van der Waals surface area contributed by atoms with Gasteiger partial charge in [-0.25, -0.2) is 14.8 Å². The van der Waals surface area contributed by atoms with Crippen LogP contribution in [0.5, 0.6) is 0 Å². The summed E-state index contributed by atoms with van der Waals surface area (Å²) in [6.07, 6.45) is 2.00. The van der Waals surface area contributed by atoms with Gasteiger partial charge < -0.3 is 15.2 Å². The summed E-state index contributed by atoms with van der Waals surface area (Å²) in [6.45, 7) is 5.23. The molecule has 0 fully saturated rings. The van der Waals surface area contributed by atoms with E-state index in [9.17, 15) is 9.59 Å². The van der Waals surface area contributed by atoms with Crippen LogP contribution in [-0.4, -0.2) is 34.7 Å². The van der Waals surface area contributed by atoms with Gasteiger partial charge >= 0.3 is 12.1 Å². The third-order valence-electron chi connectivity index (χ3n) is 2.10. The lowest BCUT2D eigenvalue weighted by molar-refractivity contribution is -0.142. The molecule has 20 heavy (non-hydrogen) atoms. The molecule has 1 amide bonds. The Morgan fingerprint density at radius 2 is 1.85 bits per heavy atom. The Hall–Kier alpha value is -2.22. The van der Waals surface area contributed by atoms with Crippen LogP contribution in [0.2, 0.25) is 0 Å². The fourth-order valence-electron chi connectivity index (χ4n) is 1.22. The SMILES string of the molecule is COC(=O)C(N)c1cnc(NC(=O)OC(C)(C)C)nc1. The normalized spacial score (nSPS) is 12.4. The fraction of sp³-hybridized carbons (Fsp3) is 0.500. The second-order valence-electron chi connectivity index (χ2n) is 4.97. The lowest BCUT2D eigenvalue weighted by Gasteiger charge is -2.19. The molecule has 1 unspecified atom stereocenters. The van der Waals surface area contributed by atoms with Gasteiger partial charge in [-0.15, -0.1) is 0 Å². The third-order valence-corrected chi connectivity index (χ3v) is 2.10. The highest BCUT2D eigenvalue weighted by molar-refractivity contribution is 5.82. The number of methoxy groups -OCH3 is 1. The van der Waals surface area contributed by atoms with Crippen LogP contribution in [0.25, 0.3) is 0 Å². The average Bonchev–Trinajstić information content (AvgIpc) is 2.35. The monoisotopic (exact) mass is 282 g/mol. The van der Waals surface area contributed by atoms with Gasteiger partial charge in [0.1, 0.15) is 11.6 Å². The number of hydrogen-bond acceptors (Lipinski definition) is 7. The molecule has 3 N–H and O–H groups in total. The Morgan fingerprint density at radius 3 is 2.30 bits per heavy atom. The number of amides is 1. The van der Waals surface area contributed by atoms with Crippen LogP contribution in [0.4, 0.5) is 10.7 Å². The standard InChI is InChI=1S/C12H18N4O4/c1-12(2,3)20-11(18)16-10-14-5-7(6-15-10)8(13)9(17)19-4/h5-6,8H,13H2,1-4H3,(H,14,15,16,18). The summed E-state index contributed by atoms with van der Waals surface area (Å²) in [7, 11) is 1.24. The first kappa shape index (κ1) is 15.8. The summed E-state index contributed by atoms with van der Waals surface area (Å²) in [5.41, 5.74) is 5.38. The Labute approximate surface area is 116 Å². The van der Waals surface area contributed by atoms with Crippen molar-refractivity contribution in [3.63, 3.8) is 0 Å². The molecule has 0 radical (unpaired) electrons. The van der Waals surface area contributed by atoms with E-state index >= 15 is 0 Å². The molecule has 0 aliphatic carbocycles. The van der Waals surface area contributed by atoms with E-state index in [-0.39, 0.29) is 5.95 Å². The largest absolute Gasteiger partial charge is 0.468 e. The summed E-state index contributed by atoms with van der Waals surface area (Å²) in [5, 5.41) is 2.37. The number of ether oxygens (including phenoxy) is 2. The smallest absolute Gasteiger partial charge is 0.414 e. The van der Waals surface area contributed by atoms with Gasteiger partial charge in [0.15, 0.2) is 0 Å². The predicted octanol–water partition coefficient (Wildman–Crippen LogP) is 0.996. The highest BCUT2D eigenvalue weighted by atomic mass is 16.6. The molecule has 1 heterocycles. The zero-order valence-electron chi connectivity index (χ0n) is 11.8.